The smallest absolute Gasteiger partial charge is 0.126 e. The van der Waals surface area contributed by atoms with Crippen molar-refractivity contribution in [2.24, 2.45) is 5.73 Å². The van der Waals surface area contributed by atoms with Gasteiger partial charge in [-0.15, -0.1) is 0 Å². The Hall–Kier alpha value is -1.80. The van der Waals surface area contributed by atoms with Gasteiger partial charge in [-0.2, -0.15) is 0 Å². The molecule has 1 aliphatic heterocycles. The Bertz CT molecular complexity index is 536. The molecule has 0 saturated carbocycles. The van der Waals surface area contributed by atoms with E-state index < -0.39 is 0 Å². The summed E-state index contributed by atoms with van der Waals surface area (Å²) in [5.74, 6) is 1.05. The van der Waals surface area contributed by atoms with Gasteiger partial charge in [-0.05, 0) is 16.7 Å². The molecular formula is C16H17NO. The van der Waals surface area contributed by atoms with Crippen LogP contribution in [0.2, 0.25) is 0 Å². The zero-order valence-corrected chi connectivity index (χ0v) is 10.3. The average Bonchev–Trinajstić information content (AvgIpc) is 2.84. The Labute approximate surface area is 107 Å². The molecule has 0 aromatic heterocycles. The van der Waals surface area contributed by atoms with Gasteiger partial charge in [-0.1, -0.05) is 48.5 Å². The van der Waals surface area contributed by atoms with Crippen LogP contribution in [0.4, 0.5) is 0 Å². The molecule has 0 radical (unpaired) electrons. The predicted octanol–water partition coefficient (Wildman–Crippen LogP) is 2.54. The molecule has 92 valence electrons. The molecule has 2 nitrogen and oxygen atoms in total. The largest absolute Gasteiger partial charge is 0.488 e. The molecule has 18 heavy (non-hydrogen) atoms. The van der Waals surface area contributed by atoms with Crippen molar-refractivity contribution in [3.05, 3.63) is 65.2 Å². The lowest BCUT2D eigenvalue weighted by atomic mass is 10.0. The monoisotopic (exact) mass is 239 g/mol. The van der Waals surface area contributed by atoms with Gasteiger partial charge in [-0.25, -0.2) is 0 Å². The lowest BCUT2D eigenvalue weighted by Gasteiger charge is -2.10. The topological polar surface area (TPSA) is 35.2 Å². The molecule has 0 amide bonds. The summed E-state index contributed by atoms with van der Waals surface area (Å²) in [5.41, 5.74) is 9.55. The van der Waals surface area contributed by atoms with E-state index in [9.17, 15) is 0 Å². The summed E-state index contributed by atoms with van der Waals surface area (Å²) >= 11 is 0. The molecule has 1 aliphatic rings. The number of fused-ring (bicyclic) bond motifs is 1. The molecule has 2 aromatic carbocycles. The van der Waals surface area contributed by atoms with Crippen molar-refractivity contribution in [1.82, 2.24) is 0 Å². The summed E-state index contributed by atoms with van der Waals surface area (Å²) in [5, 5.41) is 0. The standard InChI is InChI=1S/C16H17NO/c17-11-15-10-14-8-4-7-13(16(14)18-15)9-12-5-2-1-3-6-12/h1-8,15H,9-11,17H2. The summed E-state index contributed by atoms with van der Waals surface area (Å²) in [6.45, 7) is 0.583. The van der Waals surface area contributed by atoms with Crippen LogP contribution in [0.1, 0.15) is 16.7 Å². The van der Waals surface area contributed by atoms with Gasteiger partial charge in [0.15, 0.2) is 0 Å². The Morgan fingerprint density at radius 1 is 1.06 bits per heavy atom. The molecule has 0 aliphatic carbocycles. The van der Waals surface area contributed by atoms with Gasteiger partial charge >= 0.3 is 0 Å². The van der Waals surface area contributed by atoms with Gasteiger partial charge in [0.2, 0.25) is 0 Å². The fourth-order valence-corrected chi connectivity index (χ4v) is 2.49. The van der Waals surface area contributed by atoms with Crippen molar-refractivity contribution in [3.8, 4) is 5.75 Å². The molecule has 1 heterocycles. The first-order valence-corrected chi connectivity index (χ1v) is 6.38. The highest BCUT2D eigenvalue weighted by molar-refractivity contribution is 5.46. The second kappa shape index (κ2) is 4.83. The first-order valence-electron chi connectivity index (χ1n) is 6.38. The van der Waals surface area contributed by atoms with Gasteiger partial charge in [0.25, 0.3) is 0 Å². The second-order valence-corrected chi connectivity index (χ2v) is 4.75. The second-order valence-electron chi connectivity index (χ2n) is 4.75. The van der Waals surface area contributed by atoms with E-state index >= 15 is 0 Å². The number of ether oxygens (including phenoxy) is 1. The molecule has 3 rings (SSSR count). The van der Waals surface area contributed by atoms with E-state index in [1.165, 1.54) is 16.7 Å². The number of nitrogens with two attached hydrogens (primary N) is 1. The quantitative estimate of drug-likeness (QED) is 0.893. The van der Waals surface area contributed by atoms with Crippen LogP contribution in [-0.2, 0) is 12.8 Å². The predicted molar refractivity (Wildman–Crippen MR) is 72.9 cm³/mol. The van der Waals surface area contributed by atoms with Gasteiger partial charge in [0.1, 0.15) is 11.9 Å². The first-order chi connectivity index (χ1) is 8.86. The maximum atomic E-state index is 5.93. The van der Waals surface area contributed by atoms with Crippen LogP contribution in [0.25, 0.3) is 0 Å². The van der Waals surface area contributed by atoms with E-state index in [1.54, 1.807) is 0 Å². The molecule has 0 spiro atoms. The Balaban J connectivity index is 1.89. The SMILES string of the molecule is NCC1Cc2cccc(Cc3ccccc3)c2O1. The zero-order chi connectivity index (χ0) is 12.4. The van der Waals surface area contributed by atoms with E-state index in [0.717, 1.165) is 18.6 Å². The minimum atomic E-state index is 0.150. The highest BCUT2D eigenvalue weighted by Gasteiger charge is 2.23. The Morgan fingerprint density at radius 2 is 1.89 bits per heavy atom. The summed E-state index contributed by atoms with van der Waals surface area (Å²) < 4.78 is 5.93. The lowest BCUT2D eigenvalue weighted by Crippen LogP contribution is -2.24. The van der Waals surface area contributed by atoms with Crippen LogP contribution in [0, 0.1) is 0 Å². The van der Waals surface area contributed by atoms with Gasteiger partial charge in [-0.3, -0.25) is 0 Å². The van der Waals surface area contributed by atoms with Crippen molar-refractivity contribution in [1.29, 1.82) is 0 Å². The van der Waals surface area contributed by atoms with Crippen molar-refractivity contribution in [2.75, 3.05) is 6.54 Å². The lowest BCUT2D eigenvalue weighted by molar-refractivity contribution is 0.239. The van der Waals surface area contributed by atoms with E-state index in [2.05, 4.69) is 42.5 Å². The molecule has 0 fully saturated rings. The van der Waals surface area contributed by atoms with E-state index in [1.807, 2.05) is 6.07 Å². The third-order valence-corrected chi connectivity index (χ3v) is 3.41. The Morgan fingerprint density at radius 3 is 2.67 bits per heavy atom. The van der Waals surface area contributed by atoms with Crippen LogP contribution in [-0.4, -0.2) is 12.6 Å². The fourth-order valence-electron chi connectivity index (χ4n) is 2.49. The van der Waals surface area contributed by atoms with Gasteiger partial charge < -0.3 is 10.5 Å². The van der Waals surface area contributed by atoms with E-state index in [-0.39, 0.29) is 6.10 Å². The van der Waals surface area contributed by atoms with Crippen LogP contribution in [0.3, 0.4) is 0 Å². The normalized spacial score (nSPS) is 17.3. The maximum absolute atomic E-state index is 5.93. The van der Waals surface area contributed by atoms with Crippen LogP contribution in [0.5, 0.6) is 5.75 Å². The van der Waals surface area contributed by atoms with Crippen LogP contribution < -0.4 is 10.5 Å². The van der Waals surface area contributed by atoms with E-state index in [0.29, 0.717) is 6.54 Å². The zero-order valence-electron chi connectivity index (χ0n) is 10.3. The van der Waals surface area contributed by atoms with Gasteiger partial charge in [0, 0.05) is 19.4 Å². The first kappa shape index (κ1) is 11.3. The van der Waals surface area contributed by atoms with Gasteiger partial charge in [0.05, 0.1) is 0 Å². The molecule has 2 N–H and O–H groups in total. The molecule has 2 aromatic rings. The third-order valence-electron chi connectivity index (χ3n) is 3.41. The fraction of sp³-hybridized carbons (Fsp3) is 0.250. The minimum absolute atomic E-state index is 0.150. The van der Waals surface area contributed by atoms with Crippen LogP contribution >= 0.6 is 0 Å². The molecule has 0 bridgehead atoms. The van der Waals surface area contributed by atoms with Crippen molar-refractivity contribution >= 4 is 0 Å². The number of para-hydroxylation sites is 1. The van der Waals surface area contributed by atoms with E-state index in [4.69, 9.17) is 10.5 Å². The third kappa shape index (κ3) is 2.12. The van der Waals surface area contributed by atoms with Crippen molar-refractivity contribution < 1.29 is 4.74 Å². The molecule has 2 heteroatoms. The molecule has 0 saturated heterocycles. The van der Waals surface area contributed by atoms with Crippen molar-refractivity contribution in [2.45, 2.75) is 18.9 Å². The number of hydrogen-bond donors (Lipinski definition) is 1. The average molecular weight is 239 g/mol. The summed E-state index contributed by atoms with van der Waals surface area (Å²) in [6, 6.07) is 16.9. The highest BCUT2D eigenvalue weighted by atomic mass is 16.5. The molecule has 1 atom stereocenters. The highest BCUT2D eigenvalue weighted by Crippen LogP contribution is 2.33. The van der Waals surface area contributed by atoms with Crippen molar-refractivity contribution in [3.63, 3.8) is 0 Å². The Kier molecular flexibility index (Phi) is 3.03. The number of hydrogen-bond acceptors (Lipinski definition) is 2. The number of benzene rings is 2. The minimum Gasteiger partial charge on any atom is -0.488 e. The summed E-state index contributed by atoms with van der Waals surface area (Å²) in [6.07, 6.45) is 2.01. The summed E-state index contributed by atoms with van der Waals surface area (Å²) in [4.78, 5) is 0. The van der Waals surface area contributed by atoms with Crippen LogP contribution in [0.15, 0.2) is 48.5 Å². The summed E-state index contributed by atoms with van der Waals surface area (Å²) in [7, 11) is 0. The maximum Gasteiger partial charge on any atom is 0.126 e. The molecule has 1 unspecified atom stereocenters. The molecular weight excluding hydrogens is 222 g/mol. The number of rotatable bonds is 3.